The van der Waals surface area contributed by atoms with Crippen LogP contribution in [0.15, 0.2) is 54.9 Å². The Bertz CT molecular complexity index is 729. The summed E-state index contributed by atoms with van der Waals surface area (Å²) in [5.41, 5.74) is 3.30. The van der Waals surface area contributed by atoms with Gasteiger partial charge in [0.2, 0.25) is 0 Å². The highest BCUT2D eigenvalue weighted by Gasteiger charge is 2.39. The van der Waals surface area contributed by atoms with Crippen molar-refractivity contribution in [1.29, 1.82) is 0 Å². The van der Waals surface area contributed by atoms with E-state index in [1.807, 2.05) is 11.0 Å². The SMILES string of the molecule is O=C(Nc1ccnnc1)N1C2C=C(c3ccccc3)CC1CC2. The van der Waals surface area contributed by atoms with Crippen LogP contribution in [0.3, 0.4) is 0 Å². The van der Waals surface area contributed by atoms with Crippen LogP contribution in [0.5, 0.6) is 0 Å². The van der Waals surface area contributed by atoms with E-state index in [-0.39, 0.29) is 18.1 Å². The van der Waals surface area contributed by atoms with E-state index >= 15 is 0 Å². The van der Waals surface area contributed by atoms with Crippen molar-refractivity contribution >= 4 is 17.3 Å². The number of fused-ring (bicyclic) bond motifs is 2. The summed E-state index contributed by atoms with van der Waals surface area (Å²) in [5, 5.41) is 10.4. The number of nitrogens with one attached hydrogen (secondary N) is 1. The van der Waals surface area contributed by atoms with Gasteiger partial charge in [0.05, 0.1) is 24.1 Å². The number of amides is 2. The first-order chi connectivity index (χ1) is 11.3. The number of urea groups is 1. The van der Waals surface area contributed by atoms with Gasteiger partial charge in [-0.05, 0) is 36.5 Å². The maximum Gasteiger partial charge on any atom is 0.322 e. The Kier molecular flexibility index (Phi) is 3.54. The first-order valence-electron chi connectivity index (χ1n) is 7.93. The standard InChI is InChI=1S/C18H18N4O/c23-18(21-15-8-9-19-20-12-15)22-16-6-7-17(22)11-14(10-16)13-4-2-1-3-5-13/h1-5,8-10,12,16-17H,6-7,11H2,(H,19,21,23). The molecule has 4 rings (SSSR count). The van der Waals surface area contributed by atoms with Gasteiger partial charge in [-0.25, -0.2) is 4.79 Å². The third-order valence-electron chi connectivity index (χ3n) is 4.61. The summed E-state index contributed by atoms with van der Waals surface area (Å²) in [7, 11) is 0. The van der Waals surface area contributed by atoms with E-state index in [4.69, 9.17) is 0 Å². The van der Waals surface area contributed by atoms with Crippen molar-refractivity contribution in [2.24, 2.45) is 0 Å². The zero-order valence-electron chi connectivity index (χ0n) is 12.7. The topological polar surface area (TPSA) is 58.1 Å². The maximum absolute atomic E-state index is 12.6. The van der Waals surface area contributed by atoms with Gasteiger partial charge >= 0.3 is 6.03 Å². The van der Waals surface area contributed by atoms with Crippen molar-refractivity contribution in [3.8, 4) is 0 Å². The molecule has 5 nitrogen and oxygen atoms in total. The van der Waals surface area contributed by atoms with E-state index in [1.165, 1.54) is 11.1 Å². The van der Waals surface area contributed by atoms with E-state index in [0.29, 0.717) is 5.69 Å². The van der Waals surface area contributed by atoms with Gasteiger partial charge in [-0.3, -0.25) is 0 Å². The predicted molar refractivity (Wildman–Crippen MR) is 88.7 cm³/mol. The highest BCUT2D eigenvalue weighted by molar-refractivity contribution is 5.90. The summed E-state index contributed by atoms with van der Waals surface area (Å²) >= 11 is 0. The lowest BCUT2D eigenvalue weighted by Gasteiger charge is -2.34. The summed E-state index contributed by atoms with van der Waals surface area (Å²) in [6.07, 6.45) is 8.40. The van der Waals surface area contributed by atoms with Crippen LogP contribution in [0.2, 0.25) is 0 Å². The summed E-state index contributed by atoms with van der Waals surface area (Å²) < 4.78 is 0. The number of carbonyl (C=O) groups excluding carboxylic acids is 1. The monoisotopic (exact) mass is 306 g/mol. The Hall–Kier alpha value is -2.69. The summed E-state index contributed by atoms with van der Waals surface area (Å²) in [5.74, 6) is 0. The fourth-order valence-electron chi connectivity index (χ4n) is 3.57. The number of hydrogen-bond acceptors (Lipinski definition) is 3. The lowest BCUT2D eigenvalue weighted by atomic mass is 9.95. The van der Waals surface area contributed by atoms with Gasteiger partial charge < -0.3 is 10.2 Å². The Morgan fingerprint density at radius 3 is 2.74 bits per heavy atom. The fourth-order valence-corrected chi connectivity index (χ4v) is 3.57. The molecule has 2 unspecified atom stereocenters. The van der Waals surface area contributed by atoms with Crippen molar-refractivity contribution in [2.45, 2.75) is 31.3 Å². The van der Waals surface area contributed by atoms with Gasteiger partial charge in [-0.15, -0.1) is 0 Å². The van der Waals surface area contributed by atoms with E-state index in [1.54, 1.807) is 18.5 Å². The summed E-state index contributed by atoms with van der Waals surface area (Å²) in [6.45, 7) is 0. The summed E-state index contributed by atoms with van der Waals surface area (Å²) in [6, 6.07) is 12.6. The molecule has 23 heavy (non-hydrogen) atoms. The first kappa shape index (κ1) is 13.9. The molecule has 0 saturated carbocycles. The van der Waals surface area contributed by atoms with E-state index in [9.17, 15) is 4.79 Å². The second-order valence-corrected chi connectivity index (χ2v) is 6.03. The van der Waals surface area contributed by atoms with Crippen molar-refractivity contribution < 1.29 is 4.79 Å². The molecule has 2 aliphatic heterocycles. The van der Waals surface area contributed by atoms with Gasteiger partial charge in [0, 0.05) is 6.04 Å². The lowest BCUT2D eigenvalue weighted by molar-refractivity contribution is 0.193. The molecule has 0 spiro atoms. The van der Waals surface area contributed by atoms with Crippen LogP contribution in [0.25, 0.3) is 5.57 Å². The van der Waals surface area contributed by atoms with Gasteiger partial charge in [-0.2, -0.15) is 10.2 Å². The molecule has 2 aliphatic rings. The number of anilines is 1. The average Bonchev–Trinajstić information content (AvgIpc) is 2.87. The zero-order chi connectivity index (χ0) is 15.6. The lowest BCUT2D eigenvalue weighted by Crippen LogP contribution is -2.45. The average molecular weight is 306 g/mol. The minimum absolute atomic E-state index is 0.0474. The largest absolute Gasteiger partial charge is 0.322 e. The van der Waals surface area contributed by atoms with Crippen molar-refractivity contribution in [1.82, 2.24) is 15.1 Å². The molecule has 2 amide bonds. The second kappa shape index (κ2) is 5.83. The predicted octanol–water partition coefficient (Wildman–Crippen LogP) is 3.33. The van der Waals surface area contributed by atoms with E-state index in [0.717, 1.165) is 19.3 Å². The number of carbonyl (C=O) groups is 1. The van der Waals surface area contributed by atoms with E-state index < -0.39 is 0 Å². The van der Waals surface area contributed by atoms with Gasteiger partial charge in [0.15, 0.2) is 0 Å². The maximum atomic E-state index is 12.6. The Morgan fingerprint density at radius 2 is 2.00 bits per heavy atom. The van der Waals surface area contributed by atoms with Crippen molar-refractivity contribution in [2.75, 3.05) is 5.32 Å². The van der Waals surface area contributed by atoms with Crippen LogP contribution in [0.4, 0.5) is 10.5 Å². The molecular formula is C18H18N4O. The highest BCUT2D eigenvalue weighted by atomic mass is 16.2. The molecule has 1 N–H and O–H groups in total. The quantitative estimate of drug-likeness (QED) is 0.926. The van der Waals surface area contributed by atoms with Crippen molar-refractivity contribution in [3.63, 3.8) is 0 Å². The second-order valence-electron chi connectivity index (χ2n) is 6.03. The molecule has 0 radical (unpaired) electrons. The number of benzene rings is 1. The van der Waals surface area contributed by atoms with Crippen LogP contribution >= 0.6 is 0 Å². The third-order valence-corrected chi connectivity index (χ3v) is 4.61. The number of aromatic nitrogens is 2. The number of rotatable bonds is 2. The molecule has 2 aromatic rings. The van der Waals surface area contributed by atoms with Crippen LogP contribution < -0.4 is 5.32 Å². The van der Waals surface area contributed by atoms with Crippen LogP contribution in [-0.2, 0) is 0 Å². The van der Waals surface area contributed by atoms with Crippen LogP contribution in [0, 0.1) is 0 Å². The Labute approximate surface area is 135 Å². The smallest absolute Gasteiger partial charge is 0.315 e. The molecule has 1 fully saturated rings. The zero-order valence-corrected chi connectivity index (χ0v) is 12.7. The molecule has 1 saturated heterocycles. The van der Waals surface area contributed by atoms with Crippen LogP contribution in [0.1, 0.15) is 24.8 Å². The molecule has 5 heteroatoms. The van der Waals surface area contributed by atoms with Gasteiger partial charge in [-0.1, -0.05) is 36.4 Å². The molecule has 1 aromatic heterocycles. The first-order valence-corrected chi connectivity index (χ1v) is 7.93. The van der Waals surface area contributed by atoms with E-state index in [2.05, 4.69) is 45.9 Å². The minimum atomic E-state index is -0.0474. The molecule has 3 heterocycles. The van der Waals surface area contributed by atoms with Gasteiger partial charge in [0.1, 0.15) is 0 Å². The fraction of sp³-hybridized carbons (Fsp3) is 0.278. The third kappa shape index (κ3) is 2.70. The minimum Gasteiger partial charge on any atom is -0.315 e. The molecule has 2 bridgehead atoms. The highest BCUT2D eigenvalue weighted by Crippen LogP contribution is 2.38. The number of nitrogens with zero attached hydrogens (tertiary/aromatic N) is 3. The molecule has 2 atom stereocenters. The molecule has 0 aliphatic carbocycles. The Morgan fingerprint density at radius 1 is 1.13 bits per heavy atom. The molecule has 1 aromatic carbocycles. The normalized spacial score (nSPS) is 22.6. The van der Waals surface area contributed by atoms with Crippen LogP contribution in [-0.4, -0.2) is 33.2 Å². The molecular weight excluding hydrogens is 288 g/mol. The molecule has 116 valence electrons. The Balaban J connectivity index is 1.54. The summed E-state index contributed by atoms with van der Waals surface area (Å²) in [4.78, 5) is 14.6. The van der Waals surface area contributed by atoms with Crippen molar-refractivity contribution in [3.05, 3.63) is 60.4 Å². The number of hydrogen-bond donors (Lipinski definition) is 1. The van der Waals surface area contributed by atoms with Gasteiger partial charge in [0.25, 0.3) is 0 Å².